The zero-order valence-corrected chi connectivity index (χ0v) is 16.8. The molecule has 2 aromatic carbocycles. The van der Waals surface area contributed by atoms with Gasteiger partial charge in [-0.25, -0.2) is 9.59 Å². The maximum atomic E-state index is 11.9. The molecular formula is C22H27NO6. The summed E-state index contributed by atoms with van der Waals surface area (Å²) < 4.78 is 10.8. The fraction of sp³-hybridized carbons (Fsp3) is 0.364. The number of carbonyl (C=O) groups is 2. The van der Waals surface area contributed by atoms with Crippen LogP contribution in [0.15, 0.2) is 54.6 Å². The van der Waals surface area contributed by atoms with Gasteiger partial charge in [-0.2, -0.15) is 0 Å². The van der Waals surface area contributed by atoms with E-state index in [1.165, 1.54) is 12.1 Å². The summed E-state index contributed by atoms with van der Waals surface area (Å²) in [6.45, 7) is 6.04. The van der Waals surface area contributed by atoms with Crippen molar-refractivity contribution in [2.75, 3.05) is 13.2 Å². The van der Waals surface area contributed by atoms with E-state index in [9.17, 15) is 19.8 Å². The minimum absolute atomic E-state index is 0.195. The molecule has 0 aliphatic heterocycles. The quantitative estimate of drug-likeness (QED) is 0.586. The van der Waals surface area contributed by atoms with E-state index in [0.717, 1.165) is 0 Å². The van der Waals surface area contributed by atoms with Gasteiger partial charge in [-0.3, -0.25) is 0 Å². The molecule has 0 fully saturated rings. The maximum Gasteiger partial charge on any atom is 0.407 e. The number of nitrogens with one attached hydrogen (secondary N) is 1. The summed E-state index contributed by atoms with van der Waals surface area (Å²) in [7, 11) is 0. The molecule has 156 valence electrons. The smallest absolute Gasteiger partial charge is 0.407 e. The van der Waals surface area contributed by atoms with Crippen molar-refractivity contribution in [2.24, 2.45) is 0 Å². The molecule has 1 atom stereocenters. The number of carboxylic acids is 1. The maximum absolute atomic E-state index is 11.9. The first-order valence-electron chi connectivity index (χ1n) is 9.34. The normalized spacial score (nSPS) is 13.2. The molecule has 0 radical (unpaired) electrons. The van der Waals surface area contributed by atoms with Gasteiger partial charge < -0.3 is 25.0 Å². The van der Waals surface area contributed by atoms with Crippen molar-refractivity contribution in [1.82, 2.24) is 5.32 Å². The van der Waals surface area contributed by atoms with Crippen LogP contribution in [0.25, 0.3) is 0 Å². The van der Waals surface area contributed by atoms with Gasteiger partial charge in [0.1, 0.15) is 11.4 Å². The Morgan fingerprint density at radius 2 is 1.66 bits per heavy atom. The molecule has 0 aromatic heterocycles. The molecular weight excluding hydrogens is 374 g/mol. The molecule has 7 nitrogen and oxygen atoms in total. The van der Waals surface area contributed by atoms with Crippen LogP contribution in [0.5, 0.6) is 5.75 Å². The van der Waals surface area contributed by atoms with Gasteiger partial charge in [0.2, 0.25) is 5.60 Å². The van der Waals surface area contributed by atoms with E-state index in [0.29, 0.717) is 25.3 Å². The fourth-order valence-corrected chi connectivity index (χ4v) is 2.67. The van der Waals surface area contributed by atoms with Gasteiger partial charge in [0.25, 0.3) is 0 Å². The molecule has 0 bridgehead atoms. The number of hydrogen-bond donors (Lipinski definition) is 3. The van der Waals surface area contributed by atoms with Gasteiger partial charge >= 0.3 is 12.1 Å². The molecule has 2 rings (SSSR count). The van der Waals surface area contributed by atoms with Crippen molar-refractivity contribution >= 4 is 12.1 Å². The molecule has 0 unspecified atom stereocenters. The zero-order valence-electron chi connectivity index (χ0n) is 16.8. The number of rotatable bonds is 8. The number of benzene rings is 2. The van der Waals surface area contributed by atoms with Crippen molar-refractivity contribution < 1.29 is 29.3 Å². The molecule has 29 heavy (non-hydrogen) atoms. The Kier molecular flexibility index (Phi) is 7.23. The van der Waals surface area contributed by atoms with Crippen LogP contribution in [-0.4, -0.2) is 41.0 Å². The van der Waals surface area contributed by atoms with E-state index in [1.807, 2.05) is 0 Å². The van der Waals surface area contributed by atoms with E-state index in [2.05, 4.69) is 5.32 Å². The first kappa shape index (κ1) is 22.2. The van der Waals surface area contributed by atoms with Gasteiger partial charge in [-0.1, -0.05) is 42.5 Å². The van der Waals surface area contributed by atoms with Crippen molar-refractivity contribution in [3.05, 3.63) is 65.7 Å². The average molecular weight is 401 g/mol. The number of alkyl carbamates (subject to hydrolysis) is 1. The summed E-state index contributed by atoms with van der Waals surface area (Å²) in [6, 6.07) is 14.5. The molecule has 0 saturated heterocycles. The Morgan fingerprint density at radius 1 is 1.00 bits per heavy atom. The lowest BCUT2D eigenvalue weighted by Gasteiger charge is -2.25. The number of hydrogen-bond acceptors (Lipinski definition) is 5. The third kappa shape index (κ3) is 6.22. The number of carbonyl (C=O) groups excluding carboxylic acids is 1. The van der Waals surface area contributed by atoms with Crippen LogP contribution in [0.3, 0.4) is 0 Å². The van der Waals surface area contributed by atoms with Crippen LogP contribution in [0, 0.1) is 0 Å². The second-order valence-electron chi connectivity index (χ2n) is 7.54. The molecule has 3 N–H and O–H groups in total. The summed E-state index contributed by atoms with van der Waals surface area (Å²) in [5.74, 6) is -0.946. The molecule has 0 saturated carbocycles. The van der Waals surface area contributed by atoms with Gasteiger partial charge in [0.15, 0.2) is 0 Å². The molecule has 0 aliphatic carbocycles. The van der Waals surface area contributed by atoms with Crippen molar-refractivity contribution in [1.29, 1.82) is 0 Å². The third-order valence-electron chi connectivity index (χ3n) is 4.01. The van der Waals surface area contributed by atoms with Crippen LogP contribution < -0.4 is 10.1 Å². The minimum Gasteiger partial charge on any atom is -0.494 e. The molecule has 0 heterocycles. The Morgan fingerprint density at radius 3 is 2.28 bits per heavy atom. The van der Waals surface area contributed by atoms with E-state index >= 15 is 0 Å². The van der Waals surface area contributed by atoms with Crippen LogP contribution in [0.4, 0.5) is 4.79 Å². The topological polar surface area (TPSA) is 105 Å². The van der Waals surface area contributed by atoms with E-state index in [-0.39, 0.29) is 11.1 Å². The summed E-state index contributed by atoms with van der Waals surface area (Å²) in [5, 5.41) is 23.2. The first-order valence-corrected chi connectivity index (χ1v) is 9.34. The summed E-state index contributed by atoms with van der Waals surface area (Å²) in [5.41, 5.74) is -2.29. The Hall–Kier alpha value is -3.06. The molecule has 7 heteroatoms. The highest BCUT2D eigenvalue weighted by atomic mass is 16.6. The zero-order chi connectivity index (χ0) is 21.5. The molecule has 1 amide bonds. The average Bonchev–Trinajstić information content (AvgIpc) is 2.66. The van der Waals surface area contributed by atoms with Crippen LogP contribution in [0.2, 0.25) is 0 Å². The molecule has 2 aromatic rings. The third-order valence-corrected chi connectivity index (χ3v) is 4.01. The Balaban J connectivity index is 1.97. The largest absolute Gasteiger partial charge is 0.494 e. The van der Waals surface area contributed by atoms with Crippen LogP contribution in [-0.2, 0) is 15.1 Å². The first-order chi connectivity index (χ1) is 13.6. The second-order valence-corrected chi connectivity index (χ2v) is 7.54. The minimum atomic E-state index is -2.18. The monoisotopic (exact) mass is 401 g/mol. The lowest BCUT2D eigenvalue weighted by molar-refractivity contribution is -0.155. The number of aliphatic hydroxyl groups is 1. The van der Waals surface area contributed by atoms with Crippen LogP contribution >= 0.6 is 0 Å². The molecule has 0 aliphatic rings. The standard InChI is InChI=1S/C22H27NO6/c1-21(2,3)29-20(26)23-13-8-14-28-18-12-7-11-17(15-18)22(27,19(24)25)16-9-5-4-6-10-16/h4-7,9-12,15,27H,8,13-14H2,1-3H3,(H,23,26)(H,24,25)/t22-/m0/s1. The lowest BCUT2D eigenvalue weighted by atomic mass is 9.86. The van der Waals surface area contributed by atoms with Crippen LogP contribution in [0.1, 0.15) is 38.3 Å². The number of ether oxygens (including phenoxy) is 2. The highest BCUT2D eigenvalue weighted by Crippen LogP contribution is 2.32. The number of amides is 1. The van der Waals surface area contributed by atoms with Crippen molar-refractivity contribution in [3.63, 3.8) is 0 Å². The molecule has 0 spiro atoms. The van der Waals surface area contributed by atoms with Gasteiger partial charge in [0.05, 0.1) is 6.61 Å². The Labute approximate surface area is 170 Å². The van der Waals surface area contributed by atoms with Gasteiger partial charge in [-0.15, -0.1) is 0 Å². The predicted molar refractivity (Wildman–Crippen MR) is 108 cm³/mol. The predicted octanol–water partition coefficient (Wildman–Crippen LogP) is 3.30. The Bertz CT molecular complexity index is 831. The second kappa shape index (κ2) is 9.43. The van der Waals surface area contributed by atoms with Gasteiger partial charge in [-0.05, 0) is 44.9 Å². The SMILES string of the molecule is CC(C)(C)OC(=O)NCCCOc1cccc([C@](O)(C(=O)O)c2ccccc2)c1. The number of aliphatic carboxylic acids is 1. The van der Waals surface area contributed by atoms with Crippen molar-refractivity contribution in [3.8, 4) is 5.75 Å². The highest BCUT2D eigenvalue weighted by molar-refractivity contribution is 5.83. The summed E-state index contributed by atoms with van der Waals surface area (Å²) in [4.78, 5) is 23.4. The number of carboxylic acid groups (broad SMARTS) is 1. The lowest BCUT2D eigenvalue weighted by Crippen LogP contribution is -2.36. The van der Waals surface area contributed by atoms with E-state index < -0.39 is 23.3 Å². The van der Waals surface area contributed by atoms with Gasteiger partial charge in [0, 0.05) is 12.1 Å². The summed E-state index contributed by atoms with van der Waals surface area (Å²) >= 11 is 0. The summed E-state index contributed by atoms with van der Waals surface area (Å²) in [6.07, 6.45) is 0.0413. The van der Waals surface area contributed by atoms with Crippen molar-refractivity contribution in [2.45, 2.75) is 38.4 Å². The van der Waals surface area contributed by atoms with E-state index in [4.69, 9.17) is 9.47 Å². The highest BCUT2D eigenvalue weighted by Gasteiger charge is 2.40. The fourth-order valence-electron chi connectivity index (χ4n) is 2.67. The van der Waals surface area contributed by atoms with E-state index in [1.54, 1.807) is 63.2 Å².